The minimum Gasteiger partial charge on any atom is -0.366 e. The zero-order valence-corrected chi connectivity index (χ0v) is 11.3. The van der Waals surface area contributed by atoms with Crippen LogP contribution in [-0.2, 0) is 20.0 Å². The SMILES string of the molecule is CCc1cc(NCc2cccc3[nH]ccc23)n(C)n1. The molecule has 4 nitrogen and oxygen atoms in total. The molecule has 0 amide bonds. The smallest absolute Gasteiger partial charge is 0.124 e. The lowest BCUT2D eigenvalue weighted by Gasteiger charge is -2.07. The Morgan fingerprint density at radius 1 is 1.32 bits per heavy atom. The molecule has 3 aromatic rings. The van der Waals surface area contributed by atoms with Crippen LogP contribution >= 0.6 is 0 Å². The zero-order valence-electron chi connectivity index (χ0n) is 11.3. The molecule has 2 aromatic heterocycles. The molecule has 0 fully saturated rings. The summed E-state index contributed by atoms with van der Waals surface area (Å²) in [4.78, 5) is 3.24. The minimum atomic E-state index is 0.803. The molecule has 0 aliphatic heterocycles. The fourth-order valence-corrected chi connectivity index (χ4v) is 2.36. The molecule has 0 aliphatic rings. The predicted molar refractivity (Wildman–Crippen MR) is 78.2 cm³/mol. The lowest BCUT2D eigenvalue weighted by Crippen LogP contribution is -2.04. The first-order valence-electron chi connectivity index (χ1n) is 6.59. The van der Waals surface area contributed by atoms with Crippen molar-refractivity contribution in [3.05, 3.63) is 47.8 Å². The van der Waals surface area contributed by atoms with Gasteiger partial charge in [0.15, 0.2) is 0 Å². The van der Waals surface area contributed by atoms with Gasteiger partial charge in [0.25, 0.3) is 0 Å². The van der Waals surface area contributed by atoms with E-state index in [0.29, 0.717) is 0 Å². The molecule has 0 saturated heterocycles. The highest BCUT2D eigenvalue weighted by molar-refractivity contribution is 5.83. The molecule has 2 N–H and O–H groups in total. The fraction of sp³-hybridized carbons (Fsp3) is 0.267. The van der Waals surface area contributed by atoms with Gasteiger partial charge in [0.2, 0.25) is 0 Å². The second kappa shape index (κ2) is 4.80. The standard InChI is InChI=1S/C15H18N4/c1-3-12-9-15(19(2)18-12)17-10-11-5-4-6-14-13(11)7-8-16-14/h4-9,16-17H,3,10H2,1-2H3. The van der Waals surface area contributed by atoms with Crippen LogP contribution < -0.4 is 5.32 Å². The van der Waals surface area contributed by atoms with Crippen LogP contribution in [0.3, 0.4) is 0 Å². The van der Waals surface area contributed by atoms with Crippen molar-refractivity contribution in [3.63, 3.8) is 0 Å². The number of hydrogen-bond acceptors (Lipinski definition) is 2. The Labute approximate surface area is 112 Å². The molecule has 0 unspecified atom stereocenters. The third-order valence-corrected chi connectivity index (χ3v) is 3.44. The van der Waals surface area contributed by atoms with Crippen LogP contribution in [0.2, 0.25) is 0 Å². The van der Waals surface area contributed by atoms with Crippen LogP contribution in [0.15, 0.2) is 36.5 Å². The topological polar surface area (TPSA) is 45.6 Å². The van der Waals surface area contributed by atoms with Crippen LogP contribution in [0.25, 0.3) is 10.9 Å². The lowest BCUT2D eigenvalue weighted by atomic mass is 10.1. The van der Waals surface area contributed by atoms with E-state index in [1.165, 1.54) is 16.5 Å². The van der Waals surface area contributed by atoms with Crippen LogP contribution in [0, 0.1) is 0 Å². The number of aromatic nitrogens is 3. The number of anilines is 1. The van der Waals surface area contributed by atoms with Crippen molar-refractivity contribution >= 4 is 16.7 Å². The van der Waals surface area contributed by atoms with Crippen LogP contribution in [-0.4, -0.2) is 14.8 Å². The zero-order chi connectivity index (χ0) is 13.2. The number of rotatable bonds is 4. The van der Waals surface area contributed by atoms with Gasteiger partial charge in [-0.3, -0.25) is 4.68 Å². The Morgan fingerprint density at radius 3 is 3.00 bits per heavy atom. The molecule has 0 spiro atoms. The Morgan fingerprint density at radius 2 is 2.21 bits per heavy atom. The quantitative estimate of drug-likeness (QED) is 0.751. The Bertz CT molecular complexity index is 693. The highest BCUT2D eigenvalue weighted by atomic mass is 15.3. The van der Waals surface area contributed by atoms with Crippen molar-refractivity contribution in [2.24, 2.45) is 7.05 Å². The maximum Gasteiger partial charge on any atom is 0.124 e. The van der Waals surface area contributed by atoms with Crippen molar-refractivity contribution in [2.45, 2.75) is 19.9 Å². The third kappa shape index (κ3) is 2.21. The van der Waals surface area contributed by atoms with Gasteiger partial charge in [-0.15, -0.1) is 0 Å². The first kappa shape index (κ1) is 11.8. The maximum atomic E-state index is 4.44. The van der Waals surface area contributed by atoms with Crippen molar-refractivity contribution < 1.29 is 0 Å². The predicted octanol–water partition coefficient (Wildman–Crippen LogP) is 3.08. The monoisotopic (exact) mass is 254 g/mol. The highest BCUT2D eigenvalue weighted by Gasteiger charge is 2.05. The second-order valence-corrected chi connectivity index (χ2v) is 4.71. The van der Waals surface area contributed by atoms with Gasteiger partial charge in [-0.2, -0.15) is 5.10 Å². The van der Waals surface area contributed by atoms with E-state index in [1.807, 2.05) is 17.9 Å². The van der Waals surface area contributed by atoms with Gasteiger partial charge in [0.1, 0.15) is 5.82 Å². The molecule has 2 heterocycles. The van der Waals surface area contributed by atoms with E-state index in [9.17, 15) is 0 Å². The molecule has 3 rings (SSSR count). The molecule has 0 radical (unpaired) electrons. The normalized spacial score (nSPS) is 11.1. The van der Waals surface area contributed by atoms with Gasteiger partial charge in [0, 0.05) is 36.8 Å². The summed E-state index contributed by atoms with van der Waals surface area (Å²) >= 11 is 0. The number of benzene rings is 1. The van der Waals surface area contributed by atoms with Crippen molar-refractivity contribution in [1.82, 2.24) is 14.8 Å². The third-order valence-electron chi connectivity index (χ3n) is 3.44. The summed E-state index contributed by atoms with van der Waals surface area (Å²) in [7, 11) is 1.97. The largest absolute Gasteiger partial charge is 0.366 e. The van der Waals surface area contributed by atoms with E-state index in [1.54, 1.807) is 0 Å². The summed E-state index contributed by atoms with van der Waals surface area (Å²) in [6.07, 6.45) is 2.94. The Hall–Kier alpha value is -2.23. The summed E-state index contributed by atoms with van der Waals surface area (Å²) in [6, 6.07) is 10.6. The summed E-state index contributed by atoms with van der Waals surface area (Å²) < 4.78 is 1.90. The average molecular weight is 254 g/mol. The summed E-state index contributed by atoms with van der Waals surface area (Å²) in [5.74, 6) is 1.06. The number of H-pyrrole nitrogens is 1. The first-order valence-corrected chi connectivity index (χ1v) is 6.59. The maximum absolute atomic E-state index is 4.44. The van der Waals surface area contributed by atoms with E-state index < -0.39 is 0 Å². The van der Waals surface area contributed by atoms with Crippen LogP contribution in [0.5, 0.6) is 0 Å². The van der Waals surface area contributed by atoms with Crippen molar-refractivity contribution in [1.29, 1.82) is 0 Å². The van der Waals surface area contributed by atoms with Gasteiger partial charge in [-0.05, 0) is 24.1 Å². The molecule has 19 heavy (non-hydrogen) atoms. The summed E-state index contributed by atoms with van der Waals surface area (Å²) in [5, 5.41) is 9.17. The van der Waals surface area contributed by atoms with E-state index >= 15 is 0 Å². The van der Waals surface area contributed by atoms with Crippen molar-refractivity contribution in [2.75, 3.05) is 5.32 Å². The molecule has 0 saturated carbocycles. The number of fused-ring (bicyclic) bond motifs is 1. The summed E-state index contributed by atoms with van der Waals surface area (Å²) in [5.41, 5.74) is 3.58. The number of hydrogen-bond donors (Lipinski definition) is 2. The van der Waals surface area contributed by atoms with Gasteiger partial charge in [-0.25, -0.2) is 0 Å². The Balaban J connectivity index is 1.82. The molecule has 0 aliphatic carbocycles. The van der Waals surface area contributed by atoms with Gasteiger partial charge in [0.05, 0.1) is 5.69 Å². The number of aromatic amines is 1. The average Bonchev–Trinajstić information content (AvgIpc) is 3.02. The van der Waals surface area contributed by atoms with E-state index in [0.717, 1.165) is 24.5 Å². The molecule has 0 atom stereocenters. The van der Waals surface area contributed by atoms with Crippen molar-refractivity contribution in [3.8, 4) is 0 Å². The molecule has 98 valence electrons. The van der Waals surface area contributed by atoms with Gasteiger partial charge < -0.3 is 10.3 Å². The molecule has 0 bridgehead atoms. The van der Waals surface area contributed by atoms with E-state index in [4.69, 9.17) is 0 Å². The fourth-order valence-electron chi connectivity index (χ4n) is 2.36. The minimum absolute atomic E-state index is 0.803. The number of nitrogens with zero attached hydrogens (tertiary/aromatic N) is 2. The molecular weight excluding hydrogens is 236 g/mol. The van der Waals surface area contributed by atoms with Crippen LogP contribution in [0.1, 0.15) is 18.2 Å². The van der Waals surface area contributed by atoms with Crippen LogP contribution in [0.4, 0.5) is 5.82 Å². The number of nitrogens with one attached hydrogen (secondary N) is 2. The van der Waals surface area contributed by atoms with Gasteiger partial charge >= 0.3 is 0 Å². The number of aryl methyl sites for hydroxylation is 2. The van der Waals surface area contributed by atoms with Gasteiger partial charge in [-0.1, -0.05) is 19.1 Å². The van der Waals surface area contributed by atoms with E-state index in [-0.39, 0.29) is 0 Å². The lowest BCUT2D eigenvalue weighted by molar-refractivity contribution is 0.748. The second-order valence-electron chi connectivity index (χ2n) is 4.71. The summed E-state index contributed by atoms with van der Waals surface area (Å²) in [6.45, 7) is 2.92. The van der Waals surface area contributed by atoms with E-state index in [2.05, 4.69) is 52.7 Å². The Kier molecular flexibility index (Phi) is 2.99. The first-order chi connectivity index (χ1) is 9.28. The molecular formula is C15H18N4. The molecule has 1 aromatic carbocycles. The molecule has 4 heteroatoms. The highest BCUT2D eigenvalue weighted by Crippen LogP contribution is 2.19.